The van der Waals surface area contributed by atoms with Gasteiger partial charge in [0.05, 0.1) is 24.5 Å². The van der Waals surface area contributed by atoms with Gasteiger partial charge in [-0.1, -0.05) is 65.7 Å². The molecule has 45 heavy (non-hydrogen) atoms. The summed E-state index contributed by atoms with van der Waals surface area (Å²) in [4.78, 5) is 17.2. The number of rotatable bonds is 12. The fourth-order valence-electron chi connectivity index (χ4n) is 6.91. The molecule has 2 heterocycles. The molecule has 1 amide bonds. The summed E-state index contributed by atoms with van der Waals surface area (Å²) in [5.74, 6) is 1.61. The number of thiophene rings is 1. The van der Waals surface area contributed by atoms with E-state index in [4.69, 9.17) is 9.47 Å². The first-order chi connectivity index (χ1) is 21.8. The summed E-state index contributed by atoms with van der Waals surface area (Å²) < 4.78 is 13.4. The lowest BCUT2D eigenvalue weighted by atomic mass is 10.1. The molecule has 0 spiro atoms. The van der Waals surface area contributed by atoms with Crippen LogP contribution in [-0.4, -0.2) is 48.3 Å². The molecule has 6 heteroatoms. The summed E-state index contributed by atoms with van der Waals surface area (Å²) >= 11 is 1.56. The van der Waals surface area contributed by atoms with Gasteiger partial charge in [-0.15, -0.1) is 11.3 Å². The number of ether oxygens (including phenoxy) is 2. The minimum absolute atomic E-state index is 0.103. The van der Waals surface area contributed by atoms with Gasteiger partial charge in [-0.2, -0.15) is 0 Å². The zero-order valence-corrected chi connectivity index (χ0v) is 28.1. The Labute approximate surface area is 271 Å². The SMILES string of the molecule is CC[N+](CC)(CCCCN(Cc1ccc2ccccc2c1)C(=O)c1sc2cc3c(cc2c1C)OCO3)Cc1cc(C)cc(C)c1. The molecule has 5 nitrogen and oxygen atoms in total. The van der Waals surface area contributed by atoms with Gasteiger partial charge in [-0.25, -0.2) is 0 Å². The Kier molecular flexibility index (Phi) is 9.16. The van der Waals surface area contributed by atoms with Gasteiger partial charge in [0, 0.05) is 34.8 Å². The van der Waals surface area contributed by atoms with Crippen LogP contribution in [-0.2, 0) is 13.1 Å². The molecule has 0 bridgehead atoms. The van der Waals surface area contributed by atoms with Crippen molar-refractivity contribution in [3.63, 3.8) is 0 Å². The van der Waals surface area contributed by atoms with E-state index in [1.54, 1.807) is 11.3 Å². The second-order valence-corrected chi connectivity index (χ2v) is 13.8. The van der Waals surface area contributed by atoms with Crippen LogP contribution in [0.25, 0.3) is 20.9 Å². The molecule has 0 saturated carbocycles. The van der Waals surface area contributed by atoms with Gasteiger partial charge in [0.15, 0.2) is 11.5 Å². The van der Waals surface area contributed by atoms with E-state index in [0.717, 1.165) is 87.6 Å². The van der Waals surface area contributed by atoms with Crippen LogP contribution in [0.5, 0.6) is 11.5 Å². The Morgan fingerprint density at radius 1 is 0.822 bits per heavy atom. The molecule has 0 fully saturated rings. The molecule has 1 aliphatic heterocycles. The highest BCUT2D eigenvalue weighted by molar-refractivity contribution is 7.21. The summed E-state index contributed by atoms with van der Waals surface area (Å²) in [5, 5.41) is 3.49. The molecular weight excluding hydrogens is 577 g/mol. The largest absolute Gasteiger partial charge is 0.454 e. The first-order valence-corrected chi connectivity index (χ1v) is 17.1. The van der Waals surface area contributed by atoms with Crippen molar-refractivity contribution in [1.29, 1.82) is 0 Å². The van der Waals surface area contributed by atoms with Crippen LogP contribution >= 0.6 is 11.3 Å². The summed E-state index contributed by atoms with van der Waals surface area (Å²) in [6, 6.07) is 26.0. The van der Waals surface area contributed by atoms with E-state index in [-0.39, 0.29) is 12.7 Å². The number of aryl methyl sites for hydroxylation is 3. The minimum Gasteiger partial charge on any atom is -0.454 e. The van der Waals surface area contributed by atoms with Crippen molar-refractivity contribution in [2.24, 2.45) is 0 Å². The fourth-order valence-corrected chi connectivity index (χ4v) is 8.09. The van der Waals surface area contributed by atoms with Crippen LogP contribution in [0.3, 0.4) is 0 Å². The Bertz CT molecular complexity index is 1820. The van der Waals surface area contributed by atoms with Gasteiger partial charge < -0.3 is 18.9 Å². The van der Waals surface area contributed by atoms with Crippen LogP contribution in [0.15, 0.2) is 72.8 Å². The Morgan fingerprint density at radius 2 is 1.53 bits per heavy atom. The van der Waals surface area contributed by atoms with Crippen molar-refractivity contribution in [2.75, 3.05) is 33.0 Å². The van der Waals surface area contributed by atoms with E-state index in [9.17, 15) is 4.79 Å². The van der Waals surface area contributed by atoms with Gasteiger partial charge in [-0.05, 0) is 81.5 Å². The number of carbonyl (C=O) groups is 1. The predicted octanol–water partition coefficient (Wildman–Crippen LogP) is 9.19. The van der Waals surface area contributed by atoms with Crippen molar-refractivity contribution in [2.45, 2.75) is 60.5 Å². The van der Waals surface area contributed by atoms with E-state index < -0.39 is 0 Å². The predicted molar refractivity (Wildman–Crippen MR) is 186 cm³/mol. The van der Waals surface area contributed by atoms with Crippen LogP contribution in [0.1, 0.15) is 64.2 Å². The lowest BCUT2D eigenvalue weighted by molar-refractivity contribution is -0.938. The maximum Gasteiger partial charge on any atom is 0.264 e. The third-order valence-corrected chi connectivity index (χ3v) is 10.8. The van der Waals surface area contributed by atoms with Gasteiger partial charge in [-0.3, -0.25) is 4.79 Å². The first-order valence-electron chi connectivity index (χ1n) is 16.3. The Balaban J connectivity index is 1.22. The van der Waals surface area contributed by atoms with Crippen molar-refractivity contribution in [3.05, 3.63) is 105 Å². The Hall–Kier alpha value is -3.87. The average Bonchev–Trinajstić information content (AvgIpc) is 3.63. The zero-order chi connectivity index (χ0) is 31.6. The zero-order valence-electron chi connectivity index (χ0n) is 27.3. The van der Waals surface area contributed by atoms with E-state index in [1.807, 2.05) is 12.1 Å². The molecule has 6 rings (SSSR count). The number of quaternary nitrogens is 1. The van der Waals surface area contributed by atoms with E-state index in [2.05, 4.69) is 100 Å². The quantitative estimate of drug-likeness (QED) is 0.103. The molecular formula is C39H45N2O3S+. The highest BCUT2D eigenvalue weighted by Crippen LogP contribution is 2.41. The molecule has 234 valence electrons. The lowest BCUT2D eigenvalue weighted by Crippen LogP contribution is -2.47. The molecule has 1 aromatic heterocycles. The maximum atomic E-state index is 14.3. The normalized spacial score (nSPS) is 12.7. The lowest BCUT2D eigenvalue weighted by Gasteiger charge is -2.37. The van der Waals surface area contributed by atoms with E-state index in [0.29, 0.717) is 6.54 Å². The average molecular weight is 622 g/mol. The number of carbonyl (C=O) groups excluding carboxylic acids is 1. The molecule has 0 unspecified atom stereocenters. The highest BCUT2D eigenvalue weighted by Gasteiger charge is 2.26. The molecule has 0 N–H and O–H groups in total. The minimum atomic E-state index is 0.103. The maximum absolute atomic E-state index is 14.3. The molecule has 0 atom stereocenters. The third-order valence-electron chi connectivity index (χ3n) is 9.55. The van der Waals surface area contributed by atoms with Crippen LogP contribution in [0, 0.1) is 20.8 Å². The van der Waals surface area contributed by atoms with Gasteiger partial charge in [0.25, 0.3) is 5.91 Å². The van der Waals surface area contributed by atoms with Crippen LogP contribution in [0.2, 0.25) is 0 Å². The number of benzene rings is 4. The summed E-state index contributed by atoms with van der Waals surface area (Å²) in [6.45, 7) is 17.0. The van der Waals surface area contributed by atoms with Crippen molar-refractivity contribution >= 4 is 38.1 Å². The van der Waals surface area contributed by atoms with Gasteiger partial charge in [0.2, 0.25) is 6.79 Å². The number of fused-ring (bicyclic) bond motifs is 3. The Morgan fingerprint density at radius 3 is 2.27 bits per heavy atom. The molecule has 5 aromatic rings. The summed E-state index contributed by atoms with van der Waals surface area (Å²) in [5.41, 5.74) is 6.26. The molecule has 0 saturated heterocycles. The van der Waals surface area contributed by atoms with Crippen LogP contribution < -0.4 is 9.47 Å². The number of hydrogen-bond donors (Lipinski definition) is 0. The smallest absolute Gasteiger partial charge is 0.264 e. The molecule has 0 aliphatic carbocycles. The number of nitrogens with zero attached hydrogens (tertiary/aromatic N) is 2. The second-order valence-electron chi connectivity index (χ2n) is 12.7. The van der Waals surface area contributed by atoms with Gasteiger partial charge in [0.1, 0.15) is 6.54 Å². The summed E-state index contributed by atoms with van der Waals surface area (Å²) in [6.07, 6.45) is 2.03. The number of hydrogen-bond acceptors (Lipinski definition) is 4. The topological polar surface area (TPSA) is 38.8 Å². The van der Waals surface area contributed by atoms with E-state index in [1.165, 1.54) is 27.5 Å². The van der Waals surface area contributed by atoms with Crippen molar-refractivity contribution in [3.8, 4) is 11.5 Å². The standard InChI is InChI=1S/C39H45N2O3S/c1-6-41(7-2,25-31-19-27(3)18-28(4)20-31)17-11-10-16-40(24-30-14-15-32-12-8-9-13-33(32)21-30)39(42)38-29(5)34-22-35-36(44-26-43-35)23-37(34)45-38/h8-9,12-15,18-23H,6-7,10-11,16-17,24-26H2,1-5H3/q+1. The second kappa shape index (κ2) is 13.2. The monoisotopic (exact) mass is 621 g/mol. The summed E-state index contributed by atoms with van der Waals surface area (Å²) in [7, 11) is 0. The third kappa shape index (κ3) is 6.73. The number of amides is 1. The molecule has 0 radical (unpaired) electrons. The van der Waals surface area contributed by atoms with Crippen molar-refractivity contribution in [1.82, 2.24) is 4.90 Å². The van der Waals surface area contributed by atoms with Crippen LogP contribution in [0.4, 0.5) is 0 Å². The first kappa shape index (κ1) is 31.1. The number of unbranched alkanes of at least 4 members (excludes halogenated alkanes) is 1. The van der Waals surface area contributed by atoms with E-state index >= 15 is 0 Å². The molecule has 4 aromatic carbocycles. The van der Waals surface area contributed by atoms with Gasteiger partial charge >= 0.3 is 0 Å². The highest BCUT2D eigenvalue weighted by atomic mass is 32.1. The molecule has 1 aliphatic rings. The fraction of sp³-hybridized carbons (Fsp3) is 0.359. The van der Waals surface area contributed by atoms with Crippen molar-refractivity contribution < 1.29 is 18.8 Å².